The Balaban J connectivity index is 2.16. The molecular weight excluding hydrogens is 240 g/mol. The molecule has 0 aliphatic carbocycles. The number of hydrogen-bond acceptors (Lipinski definition) is 2. The van der Waals surface area contributed by atoms with Crippen molar-refractivity contribution >= 4 is 6.03 Å². The van der Waals surface area contributed by atoms with Gasteiger partial charge in [-0.2, -0.15) is 0 Å². The fourth-order valence-electron chi connectivity index (χ4n) is 1.79. The van der Waals surface area contributed by atoms with E-state index in [0.29, 0.717) is 6.54 Å². The number of carbonyl (C=O) groups is 1. The predicted molar refractivity (Wildman–Crippen MR) is 77.6 cm³/mol. The molecule has 0 saturated heterocycles. The molecule has 1 aromatic rings. The van der Waals surface area contributed by atoms with Crippen LogP contribution in [-0.2, 0) is 6.42 Å². The minimum Gasteiger partial charge on any atom is -0.497 e. The molecule has 0 aliphatic heterocycles. The van der Waals surface area contributed by atoms with Crippen molar-refractivity contribution in [3.63, 3.8) is 0 Å². The van der Waals surface area contributed by atoms with Crippen LogP contribution in [0, 0.1) is 0 Å². The summed E-state index contributed by atoms with van der Waals surface area (Å²) in [6.45, 7) is 3.53. The molecule has 1 aromatic carbocycles. The van der Waals surface area contributed by atoms with Gasteiger partial charge in [-0.25, -0.2) is 4.79 Å². The van der Waals surface area contributed by atoms with Gasteiger partial charge in [-0.1, -0.05) is 31.9 Å². The number of amides is 2. The summed E-state index contributed by atoms with van der Waals surface area (Å²) in [7, 11) is 1.65. The number of benzene rings is 1. The van der Waals surface area contributed by atoms with Crippen LogP contribution in [0.5, 0.6) is 5.75 Å². The average molecular weight is 264 g/mol. The maximum absolute atomic E-state index is 11.5. The second-order valence-corrected chi connectivity index (χ2v) is 4.49. The van der Waals surface area contributed by atoms with Gasteiger partial charge in [0.2, 0.25) is 0 Å². The first-order valence-corrected chi connectivity index (χ1v) is 6.91. The molecule has 1 rings (SSSR count). The lowest BCUT2D eigenvalue weighted by Crippen LogP contribution is -2.37. The quantitative estimate of drug-likeness (QED) is 0.709. The van der Waals surface area contributed by atoms with Crippen LogP contribution < -0.4 is 15.4 Å². The van der Waals surface area contributed by atoms with E-state index >= 15 is 0 Å². The van der Waals surface area contributed by atoms with Gasteiger partial charge in [0.15, 0.2) is 0 Å². The first kappa shape index (κ1) is 15.3. The molecule has 0 fully saturated rings. The highest BCUT2D eigenvalue weighted by atomic mass is 16.5. The molecule has 2 amide bonds. The predicted octanol–water partition coefficient (Wildman–Crippen LogP) is 2.73. The van der Waals surface area contributed by atoms with Crippen LogP contribution in [0.15, 0.2) is 24.3 Å². The minimum atomic E-state index is -0.0843. The number of rotatable bonds is 8. The van der Waals surface area contributed by atoms with Crippen molar-refractivity contribution in [3.8, 4) is 5.75 Å². The average Bonchev–Trinajstić information content (AvgIpc) is 2.44. The summed E-state index contributed by atoms with van der Waals surface area (Å²) in [4.78, 5) is 11.5. The van der Waals surface area contributed by atoms with Gasteiger partial charge in [-0.05, 0) is 30.5 Å². The third kappa shape index (κ3) is 6.70. The van der Waals surface area contributed by atoms with Crippen molar-refractivity contribution in [3.05, 3.63) is 29.8 Å². The van der Waals surface area contributed by atoms with Crippen LogP contribution in [0.3, 0.4) is 0 Å². The van der Waals surface area contributed by atoms with Gasteiger partial charge < -0.3 is 15.4 Å². The van der Waals surface area contributed by atoms with Crippen LogP contribution in [0.25, 0.3) is 0 Å². The second kappa shape index (κ2) is 9.25. The number of nitrogens with one attached hydrogen (secondary N) is 2. The maximum atomic E-state index is 11.5. The number of carbonyl (C=O) groups excluding carboxylic acids is 1. The van der Waals surface area contributed by atoms with Gasteiger partial charge in [-0.15, -0.1) is 0 Å². The molecule has 4 nitrogen and oxygen atoms in total. The van der Waals surface area contributed by atoms with Crippen LogP contribution in [0.2, 0.25) is 0 Å². The topological polar surface area (TPSA) is 50.4 Å². The van der Waals surface area contributed by atoms with Crippen LogP contribution in [-0.4, -0.2) is 26.2 Å². The van der Waals surface area contributed by atoms with E-state index in [-0.39, 0.29) is 6.03 Å². The molecule has 0 saturated carbocycles. The Morgan fingerprint density at radius 1 is 1.21 bits per heavy atom. The molecule has 0 aliphatic rings. The van der Waals surface area contributed by atoms with Gasteiger partial charge in [0.05, 0.1) is 7.11 Å². The molecule has 0 heterocycles. The van der Waals surface area contributed by atoms with Crippen LogP contribution in [0.1, 0.15) is 31.7 Å². The Labute approximate surface area is 115 Å². The lowest BCUT2D eigenvalue weighted by molar-refractivity contribution is 0.241. The summed E-state index contributed by atoms with van der Waals surface area (Å²) < 4.78 is 5.16. The molecule has 0 aromatic heterocycles. The van der Waals surface area contributed by atoms with Gasteiger partial charge in [-0.3, -0.25) is 0 Å². The first-order chi connectivity index (χ1) is 9.26. The molecule has 4 heteroatoms. The second-order valence-electron chi connectivity index (χ2n) is 4.49. The number of unbranched alkanes of at least 4 members (excludes halogenated alkanes) is 2. The van der Waals surface area contributed by atoms with Gasteiger partial charge >= 0.3 is 6.03 Å². The summed E-state index contributed by atoms with van der Waals surface area (Å²) in [5, 5.41) is 5.71. The number of methoxy groups -OCH3 is 1. The Morgan fingerprint density at radius 3 is 2.74 bits per heavy atom. The third-order valence-corrected chi connectivity index (χ3v) is 2.90. The Hall–Kier alpha value is -1.71. The molecule has 0 atom stereocenters. The van der Waals surface area contributed by atoms with Gasteiger partial charge in [0, 0.05) is 13.1 Å². The summed E-state index contributed by atoms with van der Waals surface area (Å²) in [5.41, 5.74) is 1.16. The third-order valence-electron chi connectivity index (χ3n) is 2.90. The molecule has 0 bridgehead atoms. The Kier molecular flexibility index (Phi) is 7.47. The molecule has 19 heavy (non-hydrogen) atoms. The molecule has 0 unspecified atom stereocenters. The number of ether oxygens (including phenoxy) is 1. The summed E-state index contributed by atoms with van der Waals surface area (Å²) in [6.07, 6.45) is 4.17. The van der Waals surface area contributed by atoms with E-state index in [2.05, 4.69) is 17.6 Å². The van der Waals surface area contributed by atoms with Crippen LogP contribution >= 0.6 is 0 Å². The van der Waals surface area contributed by atoms with E-state index < -0.39 is 0 Å². The van der Waals surface area contributed by atoms with E-state index in [1.54, 1.807) is 7.11 Å². The first-order valence-electron chi connectivity index (χ1n) is 6.91. The zero-order valence-corrected chi connectivity index (χ0v) is 11.9. The van der Waals surface area contributed by atoms with Crippen molar-refractivity contribution in [2.75, 3.05) is 20.2 Å². The zero-order valence-electron chi connectivity index (χ0n) is 11.9. The highest BCUT2D eigenvalue weighted by molar-refractivity contribution is 5.73. The molecule has 0 spiro atoms. The van der Waals surface area contributed by atoms with Crippen molar-refractivity contribution in [1.29, 1.82) is 0 Å². The lowest BCUT2D eigenvalue weighted by Gasteiger charge is -2.08. The highest BCUT2D eigenvalue weighted by Crippen LogP contribution is 2.12. The molecule has 106 valence electrons. The molecule has 2 N–H and O–H groups in total. The summed E-state index contributed by atoms with van der Waals surface area (Å²) in [6, 6.07) is 7.81. The van der Waals surface area contributed by atoms with Crippen LogP contribution in [0.4, 0.5) is 4.79 Å². The summed E-state index contributed by atoms with van der Waals surface area (Å²) in [5.74, 6) is 0.849. The normalized spacial score (nSPS) is 10.0. The molecular formula is C15H24N2O2. The van der Waals surface area contributed by atoms with E-state index in [1.165, 1.54) is 6.42 Å². The monoisotopic (exact) mass is 264 g/mol. The van der Waals surface area contributed by atoms with Crippen molar-refractivity contribution in [1.82, 2.24) is 10.6 Å². The van der Waals surface area contributed by atoms with Gasteiger partial charge in [0.25, 0.3) is 0 Å². The highest BCUT2D eigenvalue weighted by Gasteiger charge is 2.00. The smallest absolute Gasteiger partial charge is 0.314 e. The fraction of sp³-hybridized carbons (Fsp3) is 0.533. The van der Waals surface area contributed by atoms with E-state index in [9.17, 15) is 4.79 Å². The van der Waals surface area contributed by atoms with E-state index in [0.717, 1.165) is 37.1 Å². The van der Waals surface area contributed by atoms with E-state index in [1.807, 2.05) is 24.3 Å². The van der Waals surface area contributed by atoms with Crippen molar-refractivity contribution < 1.29 is 9.53 Å². The Morgan fingerprint density at radius 2 is 2.00 bits per heavy atom. The van der Waals surface area contributed by atoms with Crippen molar-refractivity contribution in [2.24, 2.45) is 0 Å². The minimum absolute atomic E-state index is 0.0843. The fourth-order valence-corrected chi connectivity index (χ4v) is 1.79. The lowest BCUT2D eigenvalue weighted by atomic mass is 10.1. The standard InChI is InChI=1S/C15H24N2O2/c1-3-4-5-10-16-15(18)17-11-9-13-7-6-8-14(12-13)19-2/h6-8,12H,3-5,9-11H2,1-2H3,(H2,16,17,18). The summed E-state index contributed by atoms with van der Waals surface area (Å²) >= 11 is 0. The van der Waals surface area contributed by atoms with E-state index in [4.69, 9.17) is 4.74 Å². The largest absolute Gasteiger partial charge is 0.497 e. The zero-order chi connectivity index (χ0) is 13.9. The number of urea groups is 1. The maximum Gasteiger partial charge on any atom is 0.314 e. The SMILES string of the molecule is CCCCCNC(=O)NCCc1cccc(OC)c1. The van der Waals surface area contributed by atoms with Crippen molar-refractivity contribution in [2.45, 2.75) is 32.6 Å². The Bertz CT molecular complexity index is 380. The van der Waals surface area contributed by atoms with Gasteiger partial charge in [0.1, 0.15) is 5.75 Å². The number of hydrogen-bond donors (Lipinski definition) is 2. The molecule has 0 radical (unpaired) electrons.